The number of nitrogens with zero attached hydrogens (tertiary/aromatic N) is 3. The summed E-state index contributed by atoms with van der Waals surface area (Å²) in [5.74, 6) is 1.15. The van der Waals surface area contributed by atoms with E-state index < -0.39 is 6.17 Å². The molecule has 2 aliphatic heterocycles. The molecule has 0 bridgehead atoms. The predicted octanol–water partition coefficient (Wildman–Crippen LogP) is 3.22. The molecular weight excluding hydrogens is 452 g/mol. The molecule has 1 aromatic heterocycles. The highest BCUT2D eigenvalue weighted by molar-refractivity contribution is 9.10. The van der Waals surface area contributed by atoms with E-state index in [0.29, 0.717) is 16.6 Å². The molecule has 1 atom stereocenters. The lowest BCUT2D eigenvalue weighted by Gasteiger charge is -2.32. The Morgan fingerprint density at radius 1 is 1.14 bits per heavy atom. The summed E-state index contributed by atoms with van der Waals surface area (Å²) in [6.07, 6.45) is 1.31. The molecule has 2 aliphatic rings. The van der Waals surface area contributed by atoms with Crippen LogP contribution in [0.3, 0.4) is 0 Å². The van der Waals surface area contributed by atoms with Gasteiger partial charge in [-0.1, -0.05) is 58.0 Å². The van der Waals surface area contributed by atoms with Crippen LogP contribution in [0.25, 0.3) is 17.0 Å². The number of amidine groups is 1. The number of hydrazone groups is 1. The predicted molar refractivity (Wildman–Crippen MR) is 116 cm³/mol. The van der Waals surface area contributed by atoms with E-state index in [4.69, 9.17) is 9.41 Å². The maximum atomic E-state index is 12.8. The summed E-state index contributed by atoms with van der Waals surface area (Å²) in [6, 6.07) is 19.3. The van der Waals surface area contributed by atoms with Crippen molar-refractivity contribution < 1.29 is 9.21 Å². The average Bonchev–Trinajstić information content (AvgIpc) is 3.23. The van der Waals surface area contributed by atoms with E-state index in [1.807, 2.05) is 66.9 Å². The van der Waals surface area contributed by atoms with E-state index >= 15 is 0 Å². The highest BCUT2D eigenvalue weighted by Crippen LogP contribution is 2.34. The van der Waals surface area contributed by atoms with Crippen LogP contribution in [0.1, 0.15) is 11.9 Å². The molecule has 144 valence electrons. The fourth-order valence-electron chi connectivity index (χ4n) is 3.39. The molecule has 3 heterocycles. The summed E-state index contributed by atoms with van der Waals surface area (Å²) in [6.45, 7) is 0. The van der Waals surface area contributed by atoms with Gasteiger partial charge in [0.15, 0.2) is 10.9 Å². The second kappa shape index (κ2) is 7.20. The van der Waals surface area contributed by atoms with E-state index in [-0.39, 0.29) is 5.91 Å². The summed E-state index contributed by atoms with van der Waals surface area (Å²) < 4.78 is 7.13. The first-order chi connectivity index (χ1) is 14.1. The Bertz CT molecular complexity index is 1280. The summed E-state index contributed by atoms with van der Waals surface area (Å²) in [5.41, 5.74) is 1.43. The molecule has 1 unspecified atom stereocenters. The van der Waals surface area contributed by atoms with Gasteiger partial charge in [0.2, 0.25) is 6.17 Å². The largest absolute Gasteiger partial charge is 0.457 e. The molecule has 6 nitrogen and oxygen atoms in total. The van der Waals surface area contributed by atoms with Gasteiger partial charge < -0.3 is 4.42 Å². The number of rotatable bonds is 2. The average molecular weight is 467 g/mol. The normalized spacial score (nSPS) is 17.8. The molecule has 0 saturated heterocycles. The highest BCUT2D eigenvalue weighted by Gasteiger charge is 2.35. The second-order valence-electron chi connectivity index (χ2n) is 6.49. The van der Waals surface area contributed by atoms with Crippen LogP contribution in [0.2, 0.25) is 0 Å². The number of halogens is 1. The molecular formula is C21H15BrN4O2S. The highest BCUT2D eigenvalue weighted by atomic mass is 79.9. The van der Waals surface area contributed by atoms with Gasteiger partial charge in [-0.2, -0.15) is 0 Å². The summed E-state index contributed by atoms with van der Waals surface area (Å²) in [4.78, 5) is 17.7. The van der Waals surface area contributed by atoms with Gasteiger partial charge in [-0.3, -0.25) is 10.1 Å². The van der Waals surface area contributed by atoms with Crippen molar-refractivity contribution in [1.29, 1.82) is 0 Å². The van der Waals surface area contributed by atoms with Crippen LogP contribution >= 0.6 is 27.7 Å². The molecule has 0 aliphatic carbocycles. The Labute approximate surface area is 179 Å². The molecule has 0 saturated carbocycles. The van der Waals surface area contributed by atoms with Crippen molar-refractivity contribution in [2.75, 3.05) is 6.26 Å². The quantitative estimate of drug-likeness (QED) is 0.629. The van der Waals surface area contributed by atoms with E-state index in [2.05, 4.69) is 26.3 Å². The lowest BCUT2D eigenvalue weighted by atomic mass is 10.1. The van der Waals surface area contributed by atoms with Crippen molar-refractivity contribution in [3.05, 3.63) is 81.5 Å². The number of carbonyl (C=O) groups is 1. The Balaban J connectivity index is 1.66. The summed E-state index contributed by atoms with van der Waals surface area (Å²) in [5, 5.41) is 11.1. The first kappa shape index (κ1) is 18.2. The number of nitrogens with one attached hydrogen (secondary N) is 1. The Morgan fingerprint density at radius 3 is 2.83 bits per heavy atom. The van der Waals surface area contributed by atoms with Gasteiger partial charge in [0, 0.05) is 15.3 Å². The van der Waals surface area contributed by atoms with E-state index in [1.165, 1.54) is 11.8 Å². The maximum absolute atomic E-state index is 12.8. The fraction of sp³-hybridized carbons (Fsp3) is 0.0952. The van der Waals surface area contributed by atoms with Crippen molar-refractivity contribution >= 4 is 44.5 Å². The second-order valence-corrected chi connectivity index (χ2v) is 8.20. The zero-order chi connectivity index (χ0) is 20.0. The first-order valence-corrected chi connectivity index (χ1v) is 10.9. The number of thioether (sulfide) groups is 1. The van der Waals surface area contributed by atoms with Gasteiger partial charge in [0.1, 0.15) is 11.5 Å². The topological polar surface area (TPSA) is 70.2 Å². The van der Waals surface area contributed by atoms with Gasteiger partial charge in [-0.05, 0) is 36.6 Å². The maximum Gasteiger partial charge on any atom is 0.276 e. The third-order valence-electron chi connectivity index (χ3n) is 4.70. The van der Waals surface area contributed by atoms with Gasteiger partial charge in [0.05, 0.1) is 5.36 Å². The molecule has 3 aromatic rings. The van der Waals surface area contributed by atoms with Gasteiger partial charge >= 0.3 is 0 Å². The summed E-state index contributed by atoms with van der Waals surface area (Å²) >= 11 is 4.86. The molecule has 0 fully saturated rings. The Hall–Kier alpha value is -2.84. The van der Waals surface area contributed by atoms with Crippen LogP contribution in [-0.4, -0.2) is 22.3 Å². The van der Waals surface area contributed by atoms with Crippen molar-refractivity contribution in [2.24, 2.45) is 10.1 Å². The number of hydrogen-bond donors (Lipinski definition) is 1. The van der Waals surface area contributed by atoms with Crippen molar-refractivity contribution in [3.8, 4) is 11.3 Å². The SMILES string of the molecule is CSC1=NN2C(=c3ccccc3=NC2c2ccc(-c3cccc(Br)c3)o2)C(=O)N1. The van der Waals surface area contributed by atoms with E-state index in [9.17, 15) is 4.79 Å². The number of fused-ring (bicyclic) bond motifs is 2. The molecule has 1 amide bonds. The third-order valence-corrected chi connectivity index (χ3v) is 5.76. The number of carbonyl (C=O) groups excluding carboxylic acids is 1. The van der Waals surface area contributed by atoms with Crippen LogP contribution in [0.5, 0.6) is 0 Å². The van der Waals surface area contributed by atoms with Crippen LogP contribution in [-0.2, 0) is 4.79 Å². The zero-order valence-corrected chi connectivity index (χ0v) is 17.7. The molecule has 5 rings (SSSR count). The third kappa shape index (κ3) is 3.18. The molecule has 2 aromatic carbocycles. The van der Waals surface area contributed by atoms with Gasteiger partial charge in [-0.15, -0.1) is 5.10 Å². The van der Waals surface area contributed by atoms with Gasteiger partial charge in [0.25, 0.3) is 5.91 Å². The lowest BCUT2D eigenvalue weighted by Crippen LogP contribution is -2.50. The van der Waals surface area contributed by atoms with E-state index in [0.717, 1.165) is 26.4 Å². The number of hydrogen-bond acceptors (Lipinski definition) is 6. The minimum Gasteiger partial charge on any atom is -0.457 e. The number of benzene rings is 2. The summed E-state index contributed by atoms with van der Waals surface area (Å²) in [7, 11) is 0. The van der Waals surface area contributed by atoms with Crippen LogP contribution in [0.4, 0.5) is 0 Å². The van der Waals surface area contributed by atoms with E-state index in [1.54, 1.807) is 5.01 Å². The van der Waals surface area contributed by atoms with Crippen molar-refractivity contribution in [3.63, 3.8) is 0 Å². The van der Waals surface area contributed by atoms with Crippen LogP contribution in [0, 0.1) is 0 Å². The molecule has 29 heavy (non-hydrogen) atoms. The molecule has 0 spiro atoms. The smallest absolute Gasteiger partial charge is 0.276 e. The monoisotopic (exact) mass is 466 g/mol. The number of amides is 1. The standard InChI is InChI=1S/C21H15BrN4O2S/c1-29-21-24-20(27)18-14-7-2-3-8-15(14)23-19(26(18)25-21)17-10-9-16(28-17)12-5-4-6-13(22)11-12/h2-11,19H,1H3,(H,24,25,27). The lowest BCUT2D eigenvalue weighted by molar-refractivity contribution is -0.116. The van der Waals surface area contributed by atoms with Crippen molar-refractivity contribution in [1.82, 2.24) is 10.3 Å². The van der Waals surface area contributed by atoms with Crippen LogP contribution in [0.15, 0.2) is 79.6 Å². The number of para-hydroxylation sites is 1. The van der Waals surface area contributed by atoms with Crippen molar-refractivity contribution in [2.45, 2.75) is 6.17 Å². The Kier molecular flexibility index (Phi) is 4.52. The zero-order valence-electron chi connectivity index (χ0n) is 15.3. The minimum absolute atomic E-state index is 0.199. The van der Waals surface area contributed by atoms with Crippen LogP contribution < -0.4 is 15.9 Å². The molecule has 1 N–H and O–H groups in total. The number of furan rings is 1. The first-order valence-electron chi connectivity index (χ1n) is 8.90. The fourth-order valence-corrected chi connectivity index (χ4v) is 4.16. The van der Waals surface area contributed by atoms with Gasteiger partial charge in [-0.25, -0.2) is 10.0 Å². The molecule has 0 radical (unpaired) electrons. The molecule has 8 heteroatoms. The minimum atomic E-state index is -0.561. The Morgan fingerprint density at radius 2 is 2.00 bits per heavy atom.